The third kappa shape index (κ3) is 3.18. The zero-order chi connectivity index (χ0) is 13.1. The van der Waals surface area contributed by atoms with Gasteiger partial charge >= 0.3 is 0 Å². The van der Waals surface area contributed by atoms with Crippen LogP contribution in [0.4, 0.5) is 0 Å². The SMILES string of the molecule is NC(=O)CNC(=O)c1ccc(-c2ccc(Br)s2)s1. The minimum Gasteiger partial charge on any atom is -0.368 e. The Bertz CT molecular complexity index is 591. The van der Waals surface area contributed by atoms with Gasteiger partial charge in [-0.05, 0) is 40.2 Å². The molecule has 0 bridgehead atoms. The molecule has 7 heteroatoms. The van der Waals surface area contributed by atoms with Gasteiger partial charge in [-0.15, -0.1) is 22.7 Å². The molecule has 18 heavy (non-hydrogen) atoms. The van der Waals surface area contributed by atoms with Crippen molar-refractivity contribution in [3.05, 3.63) is 32.9 Å². The molecule has 0 aliphatic rings. The minimum absolute atomic E-state index is 0.142. The lowest BCUT2D eigenvalue weighted by atomic mass is 10.3. The number of hydrogen-bond donors (Lipinski definition) is 2. The van der Waals surface area contributed by atoms with Crippen molar-refractivity contribution in [2.24, 2.45) is 5.73 Å². The van der Waals surface area contributed by atoms with Gasteiger partial charge in [-0.1, -0.05) is 0 Å². The largest absolute Gasteiger partial charge is 0.368 e. The fraction of sp³-hybridized carbons (Fsp3) is 0.0909. The third-order valence-electron chi connectivity index (χ3n) is 2.07. The van der Waals surface area contributed by atoms with Gasteiger partial charge in [-0.25, -0.2) is 0 Å². The maximum atomic E-state index is 11.7. The van der Waals surface area contributed by atoms with Crippen molar-refractivity contribution >= 4 is 50.4 Å². The molecule has 3 N–H and O–H groups in total. The number of amides is 2. The van der Waals surface area contributed by atoms with Crippen LogP contribution >= 0.6 is 38.6 Å². The van der Waals surface area contributed by atoms with Crippen LogP contribution in [0.3, 0.4) is 0 Å². The first-order chi connectivity index (χ1) is 8.56. The summed E-state index contributed by atoms with van der Waals surface area (Å²) >= 11 is 6.39. The summed E-state index contributed by atoms with van der Waals surface area (Å²) < 4.78 is 1.05. The predicted octanol–water partition coefficient (Wildman–Crippen LogP) is 2.45. The first kappa shape index (κ1) is 13.3. The van der Waals surface area contributed by atoms with Gasteiger partial charge in [0.2, 0.25) is 5.91 Å². The van der Waals surface area contributed by atoms with E-state index < -0.39 is 5.91 Å². The van der Waals surface area contributed by atoms with E-state index in [-0.39, 0.29) is 12.5 Å². The molecule has 2 aromatic heterocycles. The summed E-state index contributed by atoms with van der Waals surface area (Å²) in [5.74, 6) is -0.831. The Hall–Kier alpha value is -1.18. The number of rotatable bonds is 4. The number of carbonyl (C=O) groups excluding carboxylic acids is 2. The molecule has 4 nitrogen and oxygen atoms in total. The van der Waals surface area contributed by atoms with Gasteiger partial charge in [-0.3, -0.25) is 9.59 Å². The summed E-state index contributed by atoms with van der Waals surface area (Å²) in [5, 5.41) is 2.46. The molecule has 0 saturated heterocycles. The van der Waals surface area contributed by atoms with Crippen LogP contribution in [-0.2, 0) is 4.79 Å². The summed E-state index contributed by atoms with van der Waals surface area (Å²) in [6.45, 7) is -0.142. The minimum atomic E-state index is -0.553. The van der Waals surface area contributed by atoms with Gasteiger partial charge in [-0.2, -0.15) is 0 Å². The molecule has 0 fully saturated rings. The molecule has 0 aliphatic heterocycles. The highest BCUT2D eigenvalue weighted by atomic mass is 79.9. The maximum absolute atomic E-state index is 11.7. The van der Waals surface area contributed by atoms with E-state index in [2.05, 4.69) is 21.2 Å². The molecule has 94 valence electrons. The van der Waals surface area contributed by atoms with Crippen LogP contribution < -0.4 is 11.1 Å². The highest BCUT2D eigenvalue weighted by Gasteiger charge is 2.11. The first-order valence-corrected chi connectivity index (χ1v) is 7.41. The lowest BCUT2D eigenvalue weighted by Gasteiger charge is -1.98. The lowest BCUT2D eigenvalue weighted by molar-refractivity contribution is -0.117. The molecule has 2 aromatic rings. The molecular formula is C11H9BrN2O2S2. The van der Waals surface area contributed by atoms with Crippen LogP contribution in [0.5, 0.6) is 0 Å². The Labute approximate surface area is 120 Å². The molecule has 2 amide bonds. The normalized spacial score (nSPS) is 10.3. The number of halogens is 1. The van der Waals surface area contributed by atoms with Crippen LogP contribution in [0, 0.1) is 0 Å². The highest BCUT2D eigenvalue weighted by molar-refractivity contribution is 9.11. The molecule has 0 spiro atoms. The van der Waals surface area contributed by atoms with Crippen molar-refractivity contribution in [3.8, 4) is 9.75 Å². The molecule has 2 rings (SSSR count). The topological polar surface area (TPSA) is 72.2 Å². The fourth-order valence-corrected chi connectivity index (χ4v) is 3.69. The van der Waals surface area contributed by atoms with E-state index in [9.17, 15) is 9.59 Å². The summed E-state index contributed by atoms with van der Waals surface area (Å²) in [7, 11) is 0. The van der Waals surface area contributed by atoms with Gasteiger partial charge in [0.25, 0.3) is 5.91 Å². The summed E-state index contributed by atoms with van der Waals surface area (Å²) in [4.78, 5) is 24.9. The number of thiophene rings is 2. The molecule has 0 aromatic carbocycles. The first-order valence-electron chi connectivity index (χ1n) is 4.98. The second-order valence-electron chi connectivity index (χ2n) is 3.42. The van der Waals surface area contributed by atoms with Crippen molar-refractivity contribution in [2.45, 2.75) is 0 Å². The molecular weight excluding hydrogens is 336 g/mol. The van der Waals surface area contributed by atoms with Gasteiger partial charge in [0.15, 0.2) is 0 Å². The average molecular weight is 345 g/mol. The number of nitrogens with two attached hydrogens (primary N) is 1. The number of nitrogens with one attached hydrogen (secondary N) is 1. The molecule has 0 aliphatic carbocycles. The van der Waals surface area contributed by atoms with Gasteiger partial charge in [0.05, 0.1) is 15.2 Å². The Morgan fingerprint density at radius 1 is 1.17 bits per heavy atom. The van der Waals surface area contributed by atoms with Crippen LogP contribution in [0.2, 0.25) is 0 Å². The third-order valence-corrected chi connectivity index (χ3v) is 4.97. The van der Waals surface area contributed by atoms with E-state index in [0.29, 0.717) is 4.88 Å². The Morgan fingerprint density at radius 2 is 1.83 bits per heavy atom. The Kier molecular flexibility index (Phi) is 4.15. The molecule has 0 unspecified atom stereocenters. The molecule has 0 atom stereocenters. The van der Waals surface area contributed by atoms with E-state index in [1.165, 1.54) is 11.3 Å². The summed E-state index contributed by atoms with van der Waals surface area (Å²) in [5.41, 5.74) is 4.96. The van der Waals surface area contributed by atoms with Gasteiger partial charge in [0.1, 0.15) is 0 Å². The van der Waals surface area contributed by atoms with E-state index in [0.717, 1.165) is 13.5 Å². The molecule has 2 heterocycles. The smallest absolute Gasteiger partial charge is 0.261 e. The van der Waals surface area contributed by atoms with Crippen molar-refractivity contribution in [3.63, 3.8) is 0 Å². The van der Waals surface area contributed by atoms with Gasteiger partial charge < -0.3 is 11.1 Å². The van der Waals surface area contributed by atoms with Crippen LogP contribution in [0.1, 0.15) is 9.67 Å². The van der Waals surface area contributed by atoms with Crippen molar-refractivity contribution < 1.29 is 9.59 Å². The van der Waals surface area contributed by atoms with Crippen molar-refractivity contribution in [1.29, 1.82) is 0 Å². The van der Waals surface area contributed by atoms with E-state index >= 15 is 0 Å². The zero-order valence-electron chi connectivity index (χ0n) is 9.10. The van der Waals surface area contributed by atoms with E-state index in [4.69, 9.17) is 5.73 Å². The standard InChI is InChI=1S/C11H9BrN2O2S2/c12-9-4-3-7(18-9)6-1-2-8(17-6)11(16)14-5-10(13)15/h1-4H,5H2,(H2,13,15)(H,14,16). The van der Waals surface area contributed by atoms with Crippen LogP contribution in [-0.4, -0.2) is 18.4 Å². The van der Waals surface area contributed by atoms with Gasteiger partial charge in [0, 0.05) is 9.75 Å². The fourth-order valence-electron chi connectivity index (χ4n) is 1.29. The van der Waals surface area contributed by atoms with E-state index in [1.807, 2.05) is 18.2 Å². The maximum Gasteiger partial charge on any atom is 0.261 e. The second kappa shape index (κ2) is 5.64. The summed E-state index contributed by atoms with van der Waals surface area (Å²) in [6, 6.07) is 7.59. The molecule has 0 radical (unpaired) electrons. The zero-order valence-corrected chi connectivity index (χ0v) is 12.3. The lowest BCUT2D eigenvalue weighted by Crippen LogP contribution is -2.32. The average Bonchev–Trinajstić information content (AvgIpc) is 2.93. The molecule has 0 saturated carbocycles. The van der Waals surface area contributed by atoms with Crippen LogP contribution in [0.25, 0.3) is 9.75 Å². The van der Waals surface area contributed by atoms with E-state index in [1.54, 1.807) is 17.4 Å². The number of hydrogen-bond acceptors (Lipinski definition) is 4. The second-order valence-corrected chi connectivity index (χ2v) is 6.96. The monoisotopic (exact) mass is 344 g/mol. The quantitative estimate of drug-likeness (QED) is 0.893. The number of primary amides is 1. The summed E-state index contributed by atoms with van der Waals surface area (Å²) in [6.07, 6.45) is 0. The van der Waals surface area contributed by atoms with Crippen molar-refractivity contribution in [1.82, 2.24) is 5.32 Å². The predicted molar refractivity (Wildman–Crippen MR) is 76.9 cm³/mol. The van der Waals surface area contributed by atoms with Crippen LogP contribution in [0.15, 0.2) is 28.1 Å². The Morgan fingerprint density at radius 3 is 2.44 bits per heavy atom. The van der Waals surface area contributed by atoms with Crippen molar-refractivity contribution in [2.75, 3.05) is 6.54 Å². The Balaban J connectivity index is 2.10. The highest BCUT2D eigenvalue weighted by Crippen LogP contribution is 2.35. The number of carbonyl (C=O) groups is 2.